The van der Waals surface area contributed by atoms with E-state index >= 15 is 0 Å². The zero-order valence-electron chi connectivity index (χ0n) is 12.5. The normalized spacial score (nSPS) is 10.5. The van der Waals surface area contributed by atoms with Crippen molar-refractivity contribution >= 4 is 46.4 Å². The Morgan fingerprint density at radius 1 is 0.957 bits per heavy atom. The number of ether oxygens (including phenoxy) is 2. The summed E-state index contributed by atoms with van der Waals surface area (Å²) in [4.78, 5) is 4.51. The molecule has 1 rings (SSSR count). The molecule has 8 heteroatoms. The first-order chi connectivity index (χ1) is 11.0. The first-order valence-corrected chi connectivity index (χ1v) is 8.63. The monoisotopic (exact) mass is 401 g/mol. The molecule has 4 nitrogen and oxygen atoms in total. The molecule has 0 unspecified atom stereocenters. The van der Waals surface area contributed by atoms with E-state index in [0.29, 0.717) is 34.8 Å². The molecule has 0 fully saturated rings. The van der Waals surface area contributed by atoms with Crippen molar-refractivity contribution in [1.82, 2.24) is 0 Å². The minimum atomic E-state index is 0.139. The Labute approximate surface area is 156 Å². The maximum Gasteiger partial charge on any atom is 0.156 e. The Bertz CT molecular complexity index is 484. The summed E-state index contributed by atoms with van der Waals surface area (Å²) in [5, 5.41) is 0.787. The highest BCUT2D eigenvalue weighted by Crippen LogP contribution is 2.37. The van der Waals surface area contributed by atoms with Crippen LogP contribution in [0, 0.1) is 0 Å². The quantitative estimate of drug-likeness (QED) is 0.391. The molecule has 0 amide bonds. The highest BCUT2D eigenvalue weighted by molar-refractivity contribution is 6.55. The second-order valence-corrected chi connectivity index (χ2v) is 6.48. The maximum atomic E-state index is 6.17. The fourth-order valence-electron chi connectivity index (χ4n) is 1.77. The molecule has 2 N–H and O–H groups in total. The van der Waals surface area contributed by atoms with Gasteiger partial charge in [-0.05, 0) is 25.3 Å². The summed E-state index contributed by atoms with van der Waals surface area (Å²) in [6, 6.07) is 3.27. The summed E-state index contributed by atoms with van der Waals surface area (Å²) in [5.41, 5.74) is 0. The van der Waals surface area contributed by atoms with E-state index in [1.807, 2.05) is 0 Å². The van der Waals surface area contributed by atoms with Gasteiger partial charge in [0.2, 0.25) is 0 Å². The lowest BCUT2D eigenvalue weighted by molar-refractivity contribution is 0.133. The van der Waals surface area contributed by atoms with Crippen molar-refractivity contribution in [2.45, 2.75) is 25.7 Å². The first kappa shape index (κ1) is 20.7. The predicted molar refractivity (Wildman–Crippen MR) is 95.8 cm³/mol. The van der Waals surface area contributed by atoms with Gasteiger partial charge in [0.25, 0.3) is 0 Å². The van der Waals surface area contributed by atoms with E-state index in [4.69, 9.17) is 61.8 Å². The van der Waals surface area contributed by atoms with Crippen LogP contribution in [0.2, 0.25) is 10.0 Å². The van der Waals surface area contributed by atoms with E-state index in [1.165, 1.54) is 6.08 Å². The molecular formula is C15H19Cl4NO3. The Morgan fingerprint density at radius 2 is 1.57 bits per heavy atom. The zero-order valence-corrected chi connectivity index (χ0v) is 15.5. The molecule has 0 saturated carbocycles. The number of benzene rings is 1. The van der Waals surface area contributed by atoms with Crippen LogP contribution in [0.5, 0.6) is 11.5 Å². The lowest BCUT2D eigenvalue weighted by Gasteiger charge is -2.12. The molecule has 0 aliphatic heterocycles. The molecule has 0 heterocycles. The zero-order chi connectivity index (χ0) is 17.1. The van der Waals surface area contributed by atoms with Crippen molar-refractivity contribution < 1.29 is 14.3 Å². The van der Waals surface area contributed by atoms with Crippen LogP contribution in [-0.2, 0) is 4.84 Å². The minimum absolute atomic E-state index is 0.139. The maximum absolute atomic E-state index is 6.17. The SMILES string of the molecule is NOCCCCCCOc1c(Cl)cc(OCC=C(Cl)Cl)cc1Cl. The number of hydrogen-bond donors (Lipinski definition) is 1. The fourth-order valence-corrected chi connectivity index (χ4v) is 2.48. The van der Waals surface area contributed by atoms with Crippen molar-refractivity contribution in [3.63, 3.8) is 0 Å². The van der Waals surface area contributed by atoms with E-state index < -0.39 is 0 Å². The highest BCUT2D eigenvalue weighted by Gasteiger charge is 2.10. The molecule has 1 aromatic carbocycles. The van der Waals surface area contributed by atoms with E-state index in [1.54, 1.807) is 12.1 Å². The standard InChI is InChI=1S/C15H19Cl4NO3/c16-12-9-11(21-8-5-14(18)19)10-13(17)15(12)22-6-3-1-2-4-7-23-20/h5,9-10H,1-4,6-8,20H2. The van der Waals surface area contributed by atoms with Gasteiger partial charge in [0.1, 0.15) is 16.8 Å². The van der Waals surface area contributed by atoms with Crippen LogP contribution in [-0.4, -0.2) is 19.8 Å². The van der Waals surface area contributed by atoms with Gasteiger partial charge < -0.3 is 14.3 Å². The van der Waals surface area contributed by atoms with Crippen LogP contribution in [0.3, 0.4) is 0 Å². The summed E-state index contributed by atoms with van der Waals surface area (Å²) in [6.45, 7) is 1.33. The average molecular weight is 403 g/mol. The number of hydrogen-bond acceptors (Lipinski definition) is 4. The molecule has 23 heavy (non-hydrogen) atoms. The number of rotatable bonds is 11. The molecule has 0 aliphatic carbocycles. The molecule has 0 spiro atoms. The number of nitrogens with two attached hydrogens (primary N) is 1. The van der Waals surface area contributed by atoms with Gasteiger partial charge >= 0.3 is 0 Å². The van der Waals surface area contributed by atoms with Crippen molar-refractivity contribution in [2.24, 2.45) is 5.90 Å². The third-order valence-electron chi connectivity index (χ3n) is 2.86. The Balaban J connectivity index is 2.42. The van der Waals surface area contributed by atoms with Gasteiger partial charge in [-0.2, -0.15) is 0 Å². The van der Waals surface area contributed by atoms with Gasteiger partial charge in [-0.25, -0.2) is 5.90 Å². The lowest BCUT2D eigenvalue weighted by atomic mass is 10.2. The average Bonchev–Trinajstić information content (AvgIpc) is 2.48. The van der Waals surface area contributed by atoms with Crippen molar-refractivity contribution in [2.75, 3.05) is 19.8 Å². The largest absolute Gasteiger partial charge is 0.490 e. The van der Waals surface area contributed by atoms with Gasteiger partial charge in [-0.15, -0.1) is 0 Å². The molecule has 1 aromatic rings. The van der Waals surface area contributed by atoms with E-state index in [0.717, 1.165) is 25.7 Å². The molecule has 130 valence electrons. The minimum Gasteiger partial charge on any atom is -0.490 e. The van der Waals surface area contributed by atoms with Gasteiger partial charge in [0, 0.05) is 12.1 Å². The molecule has 0 bridgehead atoms. The van der Waals surface area contributed by atoms with Crippen LogP contribution >= 0.6 is 46.4 Å². The van der Waals surface area contributed by atoms with Gasteiger partial charge in [0.05, 0.1) is 23.3 Å². The first-order valence-electron chi connectivity index (χ1n) is 7.12. The highest BCUT2D eigenvalue weighted by atomic mass is 35.5. The Hall–Kier alpha value is -0.360. The fraction of sp³-hybridized carbons (Fsp3) is 0.467. The lowest BCUT2D eigenvalue weighted by Crippen LogP contribution is -2.02. The summed E-state index contributed by atoms with van der Waals surface area (Å²) in [6.07, 6.45) is 5.40. The molecular weight excluding hydrogens is 384 g/mol. The Morgan fingerprint density at radius 3 is 2.13 bits per heavy atom. The predicted octanol–water partition coefficient (Wildman–Crippen LogP) is 5.52. The van der Waals surface area contributed by atoms with Crippen molar-refractivity contribution in [3.8, 4) is 11.5 Å². The van der Waals surface area contributed by atoms with Crippen LogP contribution in [0.1, 0.15) is 25.7 Å². The topological polar surface area (TPSA) is 53.7 Å². The van der Waals surface area contributed by atoms with E-state index in [9.17, 15) is 0 Å². The number of halogens is 4. The van der Waals surface area contributed by atoms with E-state index in [2.05, 4.69) is 4.84 Å². The van der Waals surface area contributed by atoms with E-state index in [-0.39, 0.29) is 11.1 Å². The molecule has 0 radical (unpaired) electrons. The third-order valence-corrected chi connectivity index (χ3v) is 3.73. The molecule has 0 aromatic heterocycles. The van der Waals surface area contributed by atoms with Crippen molar-refractivity contribution in [1.29, 1.82) is 0 Å². The summed E-state index contributed by atoms with van der Waals surface area (Å²) in [5.74, 6) is 5.92. The second kappa shape index (κ2) is 12.1. The second-order valence-electron chi connectivity index (χ2n) is 4.65. The van der Waals surface area contributed by atoms with Gasteiger partial charge in [-0.1, -0.05) is 52.8 Å². The molecule has 0 atom stereocenters. The van der Waals surface area contributed by atoms with Crippen LogP contribution in [0.4, 0.5) is 0 Å². The van der Waals surface area contributed by atoms with Crippen LogP contribution < -0.4 is 15.4 Å². The van der Waals surface area contributed by atoms with Crippen LogP contribution in [0.25, 0.3) is 0 Å². The Kier molecular flexibility index (Phi) is 10.9. The van der Waals surface area contributed by atoms with Gasteiger partial charge in [-0.3, -0.25) is 0 Å². The van der Waals surface area contributed by atoms with Gasteiger partial charge in [0.15, 0.2) is 5.75 Å². The third kappa shape index (κ3) is 8.89. The number of unbranched alkanes of at least 4 members (excludes halogenated alkanes) is 3. The summed E-state index contributed by atoms with van der Waals surface area (Å²) >= 11 is 23.3. The summed E-state index contributed by atoms with van der Waals surface area (Å²) < 4.78 is 11.2. The summed E-state index contributed by atoms with van der Waals surface area (Å²) in [7, 11) is 0. The smallest absolute Gasteiger partial charge is 0.156 e. The molecule has 0 aliphatic rings. The molecule has 0 saturated heterocycles. The van der Waals surface area contributed by atoms with Crippen molar-refractivity contribution in [3.05, 3.63) is 32.7 Å². The van der Waals surface area contributed by atoms with Crippen LogP contribution in [0.15, 0.2) is 22.7 Å².